The van der Waals surface area contributed by atoms with Crippen LogP contribution in [0.4, 0.5) is 0 Å². The minimum atomic E-state index is 0.0476. The first-order valence-electron chi connectivity index (χ1n) is 7.59. The number of rotatable bonds is 6. The highest BCUT2D eigenvalue weighted by atomic mass is 35.5. The molecule has 0 bridgehead atoms. The van der Waals surface area contributed by atoms with Gasteiger partial charge in [-0.25, -0.2) is 0 Å². The summed E-state index contributed by atoms with van der Waals surface area (Å²) in [7, 11) is 0. The van der Waals surface area contributed by atoms with Gasteiger partial charge < -0.3 is 9.88 Å². The van der Waals surface area contributed by atoms with Gasteiger partial charge >= 0.3 is 0 Å². The molecule has 1 aliphatic rings. The molecule has 1 aromatic carbocycles. The van der Waals surface area contributed by atoms with Crippen LogP contribution < -0.4 is 5.32 Å². The van der Waals surface area contributed by atoms with E-state index in [0.29, 0.717) is 13.1 Å². The van der Waals surface area contributed by atoms with E-state index in [9.17, 15) is 4.79 Å². The van der Waals surface area contributed by atoms with E-state index in [1.54, 1.807) is 6.33 Å². The fraction of sp³-hybridized carbons (Fsp3) is 0.438. The molecule has 0 aliphatic heterocycles. The lowest BCUT2D eigenvalue weighted by Gasteiger charge is -2.07. The summed E-state index contributed by atoms with van der Waals surface area (Å²) in [6, 6.07) is 7.76. The minimum Gasteiger partial charge on any atom is -0.354 e. The molecule has 3 rings (SSSR count). The Hall–Kier alpha value is -1.88. The number of carbonyl (C=O) groups is 1. The lowest BCUT2D eigenvalue weighted by molar-refractivity contribution is -0.122. The Labute approximate surface area is 134 Å². The first-order chi connectivity index (χ1) is 10.7. The Bertz CT molecular complexity index is 670. The van der Waals surface area contributed by atoms with Gasteiger partial charge in [0.15, 0.2) is 0 Å². The van der Waals surface area contributed by atoms with E-state index >= 15 is 0 Å². The van der Waals surface area contributed by atoms with Crippen LogP contribution in [-0.4, -0.2) is 27.2 Å². The van der Waals surface area contributed by atoms with Gasteiger partial charge in [0.1, 0.15) is 12.2 Å². The predicted octanol–water partition coefficient (Wildman–Crippen LogP) is 2.41. The molecule has 0 unspecified atom stereocenters. The van der Waals surface area contributed by atoms with E-state index in [2.05, 4.69) is 15.5 Å². The molecule has 1 N–H and O–H groups in total. The van der Waals surface area contributed by atoms with E-state index in [1.807, 2.05) is 35.8 Å². The highest BCUT2D eigenvalue weighted by Gasteiger charge is 2.44. The quantitative estimate of drug-likeness (QED) is 0.889. The largest absolute Gasteiger partial charge is 0.354 e. The number of hydrogen-bond donors (Lipinski definition) is 1. The van der Waals surface area contributed by atoms with Crippen LogP contribution in [0.2, 0.25) is 5.02 Å². The molecular weight excluding hydrogens is 300 g/mol. The standard InChI is InChI=1S/C16H19ClN4O/c1-2-15-20-19-10-21(15)8-7-18-16(22)13-9-12(13)11-5-3-4-6-14(11)17/h3-6,10,12-13H,2,7-9H2,1H3,(H,18,22)/t12-,13-/m1/s1. The van der Waals surface area contributed by atoms with Crippen molar-refractivity contribution in [2.24, 2.45) is 5.92 Å². The zero-order chi connectivity index (χ0) is 15.5. The van der Waals surface area contributed by atoms with E-state index in [1.165, 1.54) is 0 Å². The topological polar surface area (TPSA) is 59.8 Å². The van der Waals surface area contributed by atoms with E-state index in [-0.39, 0.29) is 17.7 Å². The zero-order valence-electron chi connectivity index (χ0n) is 12.5. The monoisotopic (exact) mass is 318 g/mol. The maximum absolute atomic E-state index is 12.2. The molecule has 0 spiro atoms. The number of carbonyl (C=O) groups excluding carboxylic acids is 1. The fourth-order valence-electron chi connectivity index (χ4n) is 2.77. The number of halogens is 1. The molecule has 0 radical (unpaired) electrons. The number of hydrogen-bond acceptors (Lipinski definition) is 3. The maximum Gasteiger partial charge on any atom is 0.223 e. The first kappa shape index (κ1) is 15.0. The Morgan fingerprint density at radius 2 is 2.27 bits per heavy atom. The lowest BCUT2D eigenvalue weighted by Crippen LogP contribution is -2.29. The summed E-state index contributed by atoms with van der Waals surface area (Å²) in [5.41, 5.74) is 1.08. The molecule has 1 amide bonds. The summed E-state index contributed by atoms with van der Waals surface area (Å²) in [4.78, 5) is 12.2. The Balaban J connectivity index is 1.49. The number of aromatic nitrogens is 3. The van der Waals surface area contributed by atoms with Crippen LogP contribution in [0, 0.1) is 5.92 Å². The third kappa shape index (κ3) is 3.14. The molecule has 5 nitrogen and oxygen atoms in total. The zero-order valence-corrected chi connectivity index (χ0v) is 13.3. The third-order valence-electron chi connectivity index (χ3n) is 4.10. The van der Waals surface area contributed by atoms with Gasteiger partial charge in [-0.3, -0.25) is 4.79 Å². The molecule has 116 valence electrons. The third-order valence-corrected chi connectivity index (χ3v) is 4.44. The molecule has 1 fully saturated rings. The van der Waals surface area contributed by atoms with Gasteiger partial charge in [-0.2, -0.15) is 0 Å². The van der Waals surface area contributed by atoms with Crippen LogP contribution in [0.1, 0.15) is 30.7 Å². The second-order valence-corrected chi connectivity index (χ2v) is 5.96. The molecule has 0 saturated heterocycles. The number of nitrogens with one attached hydrogen (secondary N) is 1. The van der Waals surface area contributed by atoms with Crippen molar-refractivity contribution in [1.29, 1.82) is 0 Å². The first-order valence-corrected chi connectivity index (χ1v) is 7.97. The van der Waals surface area contributed by atoms with Gasteiger partial charge in [0, 0.05) is 30.5 Å². The van der Waals surface area contributed by atoms with Gasteiger partial charge in [0.05, 0.1) is 0 Å². The summed E-state index contributed by atoms with van der Waals surface area (Å²) in [6.07, 6.45) is 3.42. The molecule has 6 heteroatoms. The smallest absolute Gasteiger partial charge is 0.223 e. The molecule has 2 aromatic rings. The lowest BCUT2D eigenvalue weighted by atomic mass is 10.1. The summed E-state index contributed by atoms with van der Waals surface area (Å²) in [5.74, 6) is 1.35. The van der Waals surface area contributed by atoms with Crippen molar-refractivity contribution >= 4 is 17.5 Å². The molecule has 22 heavy (non-hydrogen) atoms. The van der Waals surface area contributed by atoms with Crippen LogP contribution in [-0.2, 0) is 17.8 Å². The maximum atomic E-state index is 12.2. The summed E-state index contributed by atoms with van der Waals surface area (Å²) in [6.45, 7) is 3.33. The highest BCUT2D eigenvalue weighted by Crippen LogP contribution is 2.49. The Kier molecular flexibility index (Phi) is 4.43. The summed E-state index contributed by atoms with van der Waals surface area (Å²) >= 11 is 6.19. The van der Waals surface area contributed by atoms with Gasteiger partial charge in [-0.1, -0.05) is 36.7 Å². The number of amides is 1. The summed E-state index contributed by atoms with van der Waals surface area (Å²) in [5, 5.41) is 11.7. The van der Waals surface area contributed by atoms with Crippen molar-refractivity contribution in [1.82, 2.24) is 20.1 Å². The van der Waals surface area contributed by atoms with Crippen LogP contribution in [0.3, 0.4) is 0 Å². The SMILES string of the molecule is CCc1nncn1CCNC(=O)[C@@H]1C[C@@H]1c1ccccc1Cl. The highest BCUT2D eigenvalue weighted by molar-refractivity contribution is 6.31. The van der Waals surface area contributed by atoms with Crippen molar-refractivity contribution in [3.05, 3.63) is 47.0 Å². The van der Waals surface area contributed by atoms with E-state index in [0.717, 1.165) is 29.3 Å². The van der Waals surface area contributed by atoms with Crippen LogP contribution >= 0.6 is 11.6 Å². The van der Waals surface area contributed by atoms with Crippen LogP contribution in [0.5, 0.6) is 0 Å². The predicted molar refractivity (Wildman–Crippen MR) is 84.7 cm³/mol. The number of aryl methyl sites for hydroxylation is 1. The Morgan fingerprint density at radius 3 is 3.05 bits per heavy atom. The second kappa shape index (κ2) is 6.48. The number of nitrogens with zero attached hydrogens (tertiary/aromatic N) is 3. The Morgan fingerprint density at radius 1 is 1.45 bits per heavy atom. The normalized spacial score (nSPS) is 19.9. The molecule has 2 atom stereocenters. The van der Waals surface area contributed by atoms with Crippen molar-refractivity contribution in [2.45, 2.75) is 32.2 Å². The minimum absolute atomic E-state index is 0.0476. The molecule has 1 aliphatic carbocycles. The molecule has 1 heterocycles. The average molecular weight is 319 g/mol. The van der Waals surface area contributed by atoms with Crippen molar-refractivity contribution in [3.8, 4) is 0 Å². The van der Waals surface area contributed by atoms with Crippen molar-refractivity contribution in [2.75, 3.05) is 6.54 Å². The molecule has 1 saturated carbocycles. The molecular formula is C16H19ClN4O. The second-order valence-electron chi connectivity index (χ2n) is 5.56. The average Bonchev–Trinajstić information content (AvgIpc) is 3.19. The van der Waals surface area contributed by atoms with Gasteiger partial charge in [0.25, 0.3) is 0 Å². The van der Waals surface area contributed by atoms with Crippen LogP contribution in [0.25, 0.3) is 0 Å². The van der Waals surface area contributed by atoms with E-state index in [4.69, 9.17) is 11.6 Å². The molecule has 1 aromatic heterocycles. The number of benzene rings is 1. The summed E-state index contributed by atoms with van der Waals surface area (Å²) < 4.78 is 1.97. The van der Waals surface area contributed by atoms with Gasteiger partial charge in [0.2, 0.25) is 5.91 Å². The fourth-order valence-corrected chi connectivity index (χ4v) is 3.05. The van der Waals surface area contributed by atoms with E-state index < -0.39 is 0 Å². The van der Waals surface area contributed by atoms with Crippen molar-refractivity contribution in [3.63, 3.8) is 0 Å². The van der Waals surface area contributed by atoms with Crippen LogP contribution in [0.15, 0.2) is 30.6 Å². The van der Waals surface area contributed by atoms with Gasteiger partial charge in [-0.05, 0) is 24.0 Å². The van der Waals surface area contributed by atoms with Crippen molar-refractivity contribution < 1.29 is 4.79 Å². The van der Waals surface area contributed by atoms with Gasteiger partial charge in [-0.15, -0.1) is 10.2 Å².